The van der Waals surface area contributed by atoms with Gasteiger partial charge in [-0.3, -0.25) is 9.59 Å². The fourth-order valence-electron chi connectivity index (χ4n) is 2.60. The molecule has 1 aliphatic heterocycles. The van der Waals surface area contributed by atoms with Crippen molar-refractivity contribution in [1.29, 1.82) is 0 Å². The van der Waals surface area contributed by atoms with Crippen LogP contribution in [0.3, 0.4) is 0 Å². The molecule has 1 unspecified atom stereocenters. The summed E-state index contributed by atoms with van der Waals surface area (Å²) in [6.45, 7) is 5.87. The van der Waals surface area contributed by atoms with Crippen LogP contribution in [0.15, 0.2) is 24.3 Å². The van der Waals surface area contributed by atoms with Crippen LogP contribution in [-0.2, 0) is 16.0 Å². The lowest BCUT2D eigenvalue weighted by Gasteiger charge is -2.13. The number of hydrogen-bond acceptors (Lipinski definition) is 2. The van der Waals surface area contributed by atoms with Crippen LogP contribution in [0.4, 0.5) is 0 Å². The summed E-state index contributed by atoms with van der Waals surface area (Å²) in [7, 11) is 0. The third kappa shape index (κ3) is 3.59. The van der Waals surface area contributed by atoms with Crippen LogP contribution in [0.25, 0.3) is 0 Å². The molecular formula is C16H22N2O2. The third-order valence-electron chi connectivity index (χ3n) is 3.76. The van der Waals surface area contributed by atoms with Crippen molar-refractivity contribution in [3.05, 3.63) is 35.4 Å². The van der Waals surface area contributed by atoms with Gasteiger partial charge in [0.2, 0.25) is 11.8 Å². The molecule has 2 rings (SSSR count). The van der Waals surface area contributed by atoms with Crippen molar-refractivity contribution in [3.8, 4) is 0 Å². The maximum absolute atomic E-state index is 12.0. The van der Waals surface area contributed by atoms with Crippen LogP contribution in [0.2, 0.25) is 0 Å². The van der Waals surface area contributed by atoms with Crippen molar-refractivity contribution >= 4 is 11.8 Å². The highest BCUT2D eigenvalue weighted by Crippen LogP contribution is 2.17. The predicted molar refractivity (Wildman–Crippen MR) is 78.3 cm³/mol. The summed E-state index contributed by atoms with van der Waals surface area (Å²) in [6.07, 6.45) is 1.18. The average molecular weight is 274 g/mol. The first-order valence-electron chi connectivity index (χ1n) is 7.21. The molecule has 2 amide bonds. The average Bonchev–Trinajstić information content (AvgIpc) is 2.80. The second-order valence-corrected chi connectivity index (χ2v) is 5.36. The molecule has 0 aromatic heterocycles. The van der Waals surface area contributed by atoms with Gasteiger partial charge in [0.05, 0.1) is 5.92 Å². The molecule has 0 radical (unpaired) electrons. The van der Waals surface area contributed by atoms with Crippen molar-refractivity contribution < 1.29 is 9.59 Å². The molecule has 20 heavy (non-hydrogen) atoms. The quantitative estimate of drug-likeness (QED) is 0.885. The Labute approximate surface area is 120 Å². The van der Waals surface area contributed by atoms with Crippen molar-refractivity contribution in [2.75, 3.05) is 19.6 Å². The van der Waals surface area contributed by atoms with Gasteiger partial charge in [-0.25, -0.2) is 0 Å². The van der Waals surface area contributed by atoms with E-state index in [-0.39, 0.29) is 17.7 Å². The van der Waals surface area contributed by atoms with Gasteiger partial charge in [-0.15, -0.1) is 0 Å². The lowest BCUT2D eigenvalue weighted by molar-refractivity contribution is -0.128. The number of nitrogens with zero attached hydrogens (tertiary/aromatic N) is 1. The van der Waals surface area contributed by atoms with E-state index in [1.165, 1.54) is 11.1 Å². The zero-order chi connectivity index (χ0) is 14.5. The monoisotopic (exact) mass is 274 g/mol. The standard InChI is InChI=1S/C16H22N2O2/c1-3-18-11-14(10-15(18)19)16(20)17-8-7-13-6-4-5-12(2)9-13/h4-6,9,14H,3,7-8,10-11H2,1-2H3,(H,17,20). The molecule has 1 saturated heterocycles. The fourth-order valence-corrected chi connectivity index (χ4v) is 2.60. The van der Waals surface area contributed by atoms with E-state index in [0.29, 0.717) is 26.1 Å². The van der Waals surface area contributed by atoms with Gasteiger partial charge >= 0.3 is 0 Å². The van der Waals surface area contributed by atoms with Gasteiger partial charge in [0.25, 0.3) is 0 Å². The minimum atomic E-state index is -0.181. The highest BCUT2D eigenvalue weighted by atomic mass is 16.2. The summed E-state index contributed by atoms with van der Waals surface area (Å²) in [4.78, 5) is 25.4. The Hall–Kier alpha value is -1.84. The topological polar surface area (TPSA) is 49.4 Å². The maximum Gasteiger partial charge on any atom is 0.225 e. The number of hydrogen-bond donors (Lipinski definition) is 1. The molecular weight excluding hydrogens is 252 g/mol. The van der Waals surface area contributed by atoms with Crippen LogP contribution in [-0.4, -0.2) is 36.3 Å². The number of aryl methyl sites for hydroxylation is 1. The fraction of sp³-hybridized carbons (Fsp3) is 0.500. The second kappa shape index (κ2) is 6.55. The van der Waals surface area contributed by atoms with Gasteiger partial charge in [-0.05, 0) is 25.8 Å². The Bertz CT molecular complexity index is 499. The lowest BCUT2D eigenvalue weighted by Crippen LogP contribution is -2.34. The molecule has 1 N–H and O–H groups in total. The van der Waals surface area contributed by atoms with E-state index in [1.54, 1.807) is 4.90 Å². The molecule has 1 aliphatic rings. The van der Waals surface area contributed by atoms with E-state index in [9.17, 15) is 9.59 Å². The van der Waals surface area contributed by atoms with Crippen LogP contribution in [0, 0.1) is 12.8 Å². The summed E-state index contributed by atoms with van der Waals surface area (Å²) in [5.41, 5.74) is 2.46. The van der Waals surface area contributed by atoms with Crippen molar-refractivity contribution in [3.63, 3.8) is 0 Å². The van der Waals surface area contributed by atoms with Gasteiger partial charge in [0.1, 0.15) is 0 Å². The van der Waals surface area contributed by atoms with Crippen LogP contribution < -0.4 is 5.32 Å². The summed E-state index contributed by atoms with van der Waals surface area (Å²) < 4.78 is 0. The molecule has 0 spiro atoms. The molecule has 4 nitrogen and oxygen atoms in total. The van der Waals surface area contributed by atoms with E-state index in [1.807, 2.05) is 13.0 Å². The maximum atomic E-state index is 12.0. The number of benzene rings is 1. The number of nitrogens with one attached hydrogen (secondary N) is 1. The largest absolute Gasteiger partial charge is 0.355 e. The summed E-state index contributed by atoms with van der Waals surface area (Å²) in [5, 5.41) is 2.94. The Morgan fingerprint density at radius 3 is 2.90 bits per heavy atom. The zero-order valence-electron chi connectivity index (χ0n) is 12.2. The number of carbonyl (C=O) groups is 2. The Balaban J connectivity index is 1.77. The zero-order valence-corrected chi connectivity index (χ0v) is 12.2. The smallest absolute Gasteiger partial charge is 0.225 e. The number of likely N-dealkylation sites (tertiary alicyclic amines) is 1. The lowest BCUT2D eigenvalue weighted by atomic mass is 10.1. The Morgan fingerprint density at radius 1 is 1.45 bits per heavy atom. The molecule has 4 heteroatoms. The summed E-state index contributed by atoms with van der Waals surface area (Å²) in [5.74, 6) is -0.0896. The normalized spacial score (nSPS) is 18.4. The van der Waals surface area contributed by atoms with Crippen molar-refractivity contribution in [1.82, 2.24) is 10.2 Å². The van der Waals surface area contributed by atoms with Crippen molar-refractivity contribution in [2.45, 2.75) is 26.7 Å². The highest BCUT2D eigenvalue weighted by molar-refractivity contribution is 5.89. The third-order valence-corrected chi connectivity index (χ3v) is 3.76. The SMILES string of the molecule is CCN1CC(C(=O)NCCc2cccc(C)c2)CC1=O. The molecule has 1 aromatic carbocycles. The van der Waals surface area contributed by atoms with Crippen molar-refractivity contribution in [2.24, 2.45) is 5.92 Å². The molecule has 0 saturated carbocycles. The molecule has 1 aromatic rings. The Kier molecular flexibility index (Phi) is 4.77. The van der Waals surface area contributed by atoms with E-state index in [4.69, 9.17) is 0 Å². The molecule has 1 heterocycles. The van der Waals surface area contributed by atoms with Crippen LogP contribution >= 0.6 is 0 Å². The molecule has 108 valence electrons. The second-order valence-electron chi connectivity index (χ2n) is 5.36. The van der Waals surface area contributed by atoms with E-state index < -0.39 is 0 Å². The summed E-state index contributed by atoms with van der Waals surface area (Å²) >= 11 is 0. The number of rotatable bonds is 5. The van der Waals surface area contributed by atoms with Gasteiger partial charge < -0.3 is 10.2 Å². The van der Waals surface area contributed by atoms with Crippen LogP contribution in [0.1, 0.15) is 24.5 Å². The predicted octanol–water partition coefficient (Wildman–Crippen LogP) is 1.52. The van der Waals surface area contributed by atoms with Gasteiger partial charge in [0.15, 0.2) is 0 Å². The van der Waals surface area contributed by atoms with Gasteiger partial charge in [-0.1, -0.05) is 29.8 Å². The molecule has 0 bridgehead atoms. The number of carbonyl (C=O) groups excluding carboxylic acids is 2. The van der Waals surface area contributed by atoms with E-state index >= 15 is 0 Å². The number of amides is 2. The first-order valence-corrected chi connectivity index (χ1v) is 7.21. The molecule has 1 fully saturated rings. The minimum Gasteiger partial charge on any atom is -0.355 e. The minimum absolute atomic E-state index is 0.00181. The van der Waals surface area contributed by atoms with E-state index in [2.05, 4.69) is 30.4 Å². The molecule has 1 atom stereocenters. The first-order chi connectivity index (χ1) is 9.60. The first kappa shape index (κ1) is 14.6. The summed E-state index contributed by atoms with van der Waals surface area (Å²) in [6, 6.07) is 8.29. The van der Waals surface area contributed by atoms with Crippen LogP contribution in [0.5, 0.6) is 0 Å². The highest BCUT2D eigenvalue weighted by Gasteiger charge is 2.32. The van der Waals surface area contributed by atoms with Gasteiger partial charge in [-0.2, -0.15) is 0 Å². The van der Waals surface area contributed by atoms with E-state index in [0.717, 1.165) is 6.42 Å². The Morgan fingerprint density at radius 2 is 2.25 bits per heavy atom. The van der Waals surface area contributed by atoms with Gasteiger partial charge in [0, 0.05) is 26.1 Å². The molecule has 0 aliphatic carbocycles.